The van der Waals surface area contributed by atoms with Crippen molar-refractivity contribution >= 4 is 5.91 Å². The molecule has 2 rings (SSSR count). The van der Waals surface area contributed by atoms with Crippen LogP contribution < -0.4 is 5.48 Å². The first kappa shape index (κ1) is 10.9. The number of hydrogen-bond acceptors (Lipinski definition) is 4. The van der Waals surface area contributed by atoms with Crippen LogP contribution in [-0.2, 0) is 4.84 Å². The minimum Gasteiger partial charge on any atom is -0.505 e. The van der Waals surface area contributed by atoms with Gasteiger partial charge in [-0.3, -0.25) is 9.63 Å². The first-order chi connectivity index (χ1) is 7.77. The quantitative estimate of drug-likeness (QED) is 0.758. The van der Waals surface area contributed by atoms with Crippen molar-refractivity contribution in [2.24, 2.45) is 0 Å². The van der Waals surface area contributed by atoms with Gasteiger partial charge in [0.25, 0.3) is 5.91 Å². The minimum absolute atomic E-state index is 0.0134. The molecule has 1 heterocycles. The van der Waals surface area contributed by atoms with Gasteiger partial charge in [0.2, 0.25) is 0 Å². The van der Waals surface area contributed by atoms with Gasteiger partial charge in [0.15, 0.2) is 5.69 Å². The van der Waals surface area contributed by atoms with Crippen molar-refractivity contribution in [2.45, 2.75) is 31.8 Å². The Morgan fingerprint density at radius 2 is 2.25 bits per heavy atom. The molecule has 0 spiro atoms. The summed E-state index contributed by atoms with van der Waals surface area (Å²) in [7, 11) is 0. The van der Waals surface area contributed by atoms with Crippen molar-refractivity contribution in [3.63, 3.8) is 0 Å². The fourth-order valence-electron chi connectivity index (χ4n) is 1.76. The fraction of sp³-hybridized carbons (Fsp3) is 0.455. The average Bonchev–Trinajstić information content (AvgIpc) is 2.79. The van der Waals surface area contributed by atoms with Crippen molar-refractivity contribution < 1.29 is 14.7 Å². The number of hydrogen-bond donors (Lipinski definition) is 2. The minimum atomic E-state index is -0.509. The maximum atomic E-state index is 11.6. The molecule has 0 aliphatic heterocycles. The number of carbonyl (C=O) groups excluding carboxylic acids is 1. The van der Waals surface area contributed by atoms with Crippen LogP contribution in [0.1, 0.15) is 36.2 Å². The summed E-state index contributed by atoms with van der Waals surface area (Å²) in [5.41, 5.74) is 2.31. The second kappa shape index (κ2) is 4.94. The third-order valence-electron chi connectivity index (χ3n) is 2.62. The zero-order valence-electron chi connectivity index (χ0n) is 8.85. The lowest BCUT2D eigenvalue weighted by atomic mass is 10.3. The number of rotatable bonds is 3. The molecule has 0 unspecified atom stereocenters. The second-order valence-corrected chi connectivity index (χ2v) is 3.83. The maximum absolute atomic E-state index is 11.6. The number of amides is 1. The molecule has 1 aliphatic carbocycles. The molecule has 1 saturated carbocycles. The van der Waals surface area contributed by atoms with Crippen LogP contribution in [0.2, 0.25) is 0 Å². The summed E-state index contributed by atoms with van der Waals surface area (Å²) in [5, 5.41) is 9.39. The van der Waals surface area contributed by atoms with Crippen molar-refractivity contribution in [3.8, 4) is 5.75 Å². The summed E-state index contributed by atoms with van der Waals surface area (Å²) in [5.74, 6) is -0.653. The van der Waals surface area contributed by atoms with E-state index in [2.05, 4.69) is 10.5 Å². The van der Waals surface area contributed by atoms with Crippen LogP contribution in [0.5, 0.6) is 5.75 Å². The normalized spacial score (nSPS) is 16.2. The number of nitrogens with zero attached hydrogens (tertiary/aromatic N) is 1. The first-order valence-electron chi connectivity index (χ1n) is 5.37. The SMILES string of the molecule is O=C(NOC1CCCC1)c1ncccc1O. The standard InChI is InChI=1S/C11H14N2O3/c14-9-6-3-7-12-10(9)11(15)13-16-8-4-1-2-5-8/h3,6-8,14H,1-2,4-5H2,(H,13,15). The molecule has 0 aromatic carbocycles. The molecule has 1 aromatic heterocycles. The summed E-state index contributed by atoms with van der Waals surface area (Å²) in [4.78, 5) is 20.6. The van der Waals surface area contributed by atoms with E-state index in [1.807, 2.05) is 0 Å². The van der Waals surface area contributed by atoms with E-state index in [0.29, 0.717) is 0 Å². The molecule has 0 radical (unpaired) electrons. The summed E-state index contributed by atoms with van der Waals surface area (Å²) in [6.07, 6.45) is 5.74. The third-order valence-corrected chi connectivity index (χ3v) is 2.62. The topological polar surface area (TPSA) is 71.5 Å². The highest BCUT2D eigenvalue weighted by Gasteiger charge is 2.18. The van der Waals surface area contributed by atoms with Crippen molar-refractivity contribution in [2.75, 3.05) is 0 Å². The Bertz CT molecular complexity index is 375. The van der Waals surface area contributed by atoms with E-state index >= 15 is 0 Å². The molecular formula is C11H14N2O3. The molecule has 1 aliphatic rings. The van der Waals surface area contributed by atoms with Gasteiger partial charge in [-0.1, -0.05) is 12.8 Å². The Hall–Kier alpha value is -1.62. The van der Waals surface area contributed by atoms with Crippen LogP contribution in [0, 0.1) is 0 Å². The highest BCUT2D eigenvalue weighted by Crippen LogP contribution is 2.20. The lowest BCUT2D eigenvalue weighted by Gasteiger charge is -2.11. The summed E-state index contributed by atoms with van der Waals surface area (Å²) in [6, 6.07) is 2.97. The van der Waals surface area contributed by atoms with E-state index < -0.39 is 5.91 Å². The Morgan fingerprint density at radius 1 is 1.50 bits per heavy atom. The van der Waals surface area contributed by atoms with E-state index in [-0.39, 0.29) is 17.5 Å². The van der Waals surface area contributed by atoms with E-state index in [9.17, 15) is 9.90 Å². The van der Waals surface area contributed by atoms with E-state index in [1.165, 1.54) is 12.3 Å². The third kappa shape index (κ3) is 2.49. The van der Waals surface area contributed by atoms with Crippen molar-refractivity contribution in [3.05, 3.63) is 24.0 Å². The predicted octanol–water partition coefficient (Wildman–Crippen LogP) is 1.39. The molecule has 2 N–H and O–H groups in total. The molecule has 1 amide bonds. The van der Waals surface area contributed by atoms with Crippen LogP contribution in [0.25, 0.3) is 0 Å². The summed E-state index contributed by atoms with van der Waals surface area (Å²) < 4.78 is 0. The van der Waals surface area contributed by atoms with Gasteiger partial charge in [-0.15, -0.1) is 0 Å². The molecule has 86 valence electrons. The van der Waals surface area contributed by atoms with Gasteiger partial charge >= 0.3 is 0 Å². The fourth-order valence-corrected chi connectivity index (χ4v) is 1.76. The van der Waals surface area contributed by atoms with Crippen LogP contribution >= 0.6 is 0 Å². The number of hydroxylamine groups is 1. The van der Waals surface area contributed by atoms with Crippen molar-refractivity contribution in [1.82, 2.24) is 10.5 Å². The smallest absolute Gasteiger partial charge is 0.297 e. The monoisotopic (exact) mass is 222 g/mol. The van der Waals surface area contributed by atoms with Gasteiger partial charge in [-0.05, 0) is 25.0 Å². The Morgan fingerprint density at radius 3 is 2.94 bits per heavy atom. The Balaban J connectivity index is 1.90. The molecule has 0 saturated heterocycles. The van der Waals surface area contributed by atoms with Crippen LogP contribution in [-0.4, -0.2) is 22.1 Å². The van der Waals surface area contributed by atoms with Crippen molar-refractivity contribution in [1.29, 1.82) is 0 Å². The number of aromatic nitrogens is 1. The highest BCUT2D eigenvalue weighted by molar-refractivity contribution is 5.93. The van der Waals surface area contributed by atoms with Crippen LogP contribution in [0.15, 0.2) is 18.3 Å². The molecule has 5 heteroatoms. The molecule has 1 fully saturated rings. The highest BCUT2D eigenvalue weighted by atomic mass is 16.7. The van der Waals surface area contributed by atoms with Gasteiger partial charge in [0, 0.05) is 6.20 Å². The number of nitrogens with one attached hydrogen (secondary N) is 1. The van der Waals surface area contributed by atoms with E-state index in [4.69, 9.17) is 4.84 Å². The number of carbonyl (C=O) groups is 1. The Labute approximate surface area is 93.4 Å². The number of aromatic hydroxyl groups is 1. The van der Waals surface area contributed by atoms with E-state index in [1.54, 1.807) is 6.07 Å². The predicted molar refractivity (Wildman–Crippen MR) is 56.7 cm³/mol. The molecule has 1 aromatic rings. The molecule has 0 atom stereocenters. The lowest BCUT2D eigenvalue weighted by Crippen LogP contribution is -2.28. The largest absolute Gasteiger partial charge is 0.505 e. The number of pyridine rings is 1. The lowest BCUT2D eigenvalue weighted by molar-refractivity contribution is -0.0129. The second-order valence-electron chi connectivity index (χ2n) is 3.83. The zero-order chi connectivity index (χ0) is 11.4. The first-order valence-corrected chi connectivity index (χ1v) is 5.37. The van der Waals surface area contributed by atoms with Crippen LogP contribution in [0.3, 0.4) is 0 Å². The molecule has 5 nitrogen and oxygen atoms in total. The molecule has 0 bridgehead atoms. The summed E-state index contributed by atoms with van der Waals surface area (Å²) in [6.45, 7) is 0. The van der Waals surface area contributed by atoms with Gasteiger partial charge in [0.05, 0.1) is 6.10 Å². The average molecular weight is 222 g/mol. The van der Waals surface area contributed by atoms with Gasteiger partial charge in [-0.25, -0.2) is 10.5 Å². The van der Waals surface area contributed by atoms with Gasteiger partial charge < -0.3 is 5.11 Å². The van der Waals surface area contributed by atoms with Crippen LogP contribution in [0.4, 0.5) is 0 Å². The Kier molecular flexibility index (Phi) is 3.36. The molecular weight excluding hydrogens is 208 g/mol. The van der Waals surface area contributed by atoms with Gasteiger partial charge in [0.1, 0.15) is 5.75 Å². The maximum Gasteiger partial charge on any atom is 0.297 e. The van der Waals surface area contributed by atoms with E-state index in [0.717, 1.165) is 25.7 Å². The zero-order valence-corrected chi connectivity index (χ0v) is 8.85. The van der Waals surface area contributed by atoms with Gasteiger partial charge in [-0.2, -0.15) is 0 Å². The summed E-state index contributed by atoms with van der Waals surface area (Å²) >= 11 is 0. The molecule has 16 heavy (non-hydrogen) atoms.